The lowest BCUT2D eigenvalue weighted by molar-refractivity contribution is -0.291. The Morgan fingerprint density at radius 2 is 0.759 bits per heavy atom. The first kappa shape index (κ1) is 39.2. The number of allylic oxidation sites excluding steroid dienone is 8. The van der Waals surface area contributed by atoms with Gasteiger partial charge in [0.15, 0.2) is 0 Å². The van der Waals surface area contributed by atoms with Crippen molar-refractivity contribution in [1.29, 1.82) is 0 Å². The molecule has 0 bridgehead atoms. The summed E-state index contributed by atoms with van der Waals surface area (Å²) in [6.07, 6.45) is 13.7. The van der Waals surface area contributed by atoms with Gasteiger partial charge in [-0.05, 0) is 24.3 Å². The van der Waals surface area contributed by atoms with Gasteiger partial charge in [0, 0.05) is 51.4 Å². The Labute approximate surface area is 309 Å². The predicted octanol–water partition coefficient (Wildman–Crippen LogP) is 4.95. The van der Waals surface area contributed by atoms with Crippen molar-refractivity contribution in [1.82, 2.24) is 0 Å². The molecule has 0 radical (unpaired) electrons. The Hall–Kier alpha value is -6.06. The minimum atomic E-state index is -1.67. The van der Waals surface area contributed by atoms with E-state index in [1.807, 2.05) is 0 Å². The number of carbonyl (C=O) groups excluding carboxylic acids is 6. The highest BCUT2D eigenvalue weighted by Crippen LogP contribution is 2.45. The highest BCUT2D eigenvalue weighted by Gasteiger charge is 2.57. The van der Waals surface area contributed by atoms with Crippen molar-refractivity contribution in [2.24, 2.45) is 0 Å². The third-order valence-electron chi connectivity index (χ3n) is 9.44. The first-order valence-electron chi connectivity index (χ1n) is 17.4. The number of aliphatic hydroxyl groups excluding tert-OH is 2. The summed E-state index contributed by atoms with van der Waals surface area (Å²) >= 11 is 0. The zero-order chi connectivity index (χ0) is 39.3. The molecule has 16 heteroatoms. The van der Waals surface area contributed by atoms with Crippen LogP contribution in [0.2, 0.25) is 0 Å². The molecule has 0 aromatic rings. The molecule has 288 valence electrons. The van der Waals surface area contributed by atoms with E-state index in [1.165, 1.54) is 48.6 Å². The molecule has 2 N–H and O–H groups in total. The highest BCUT2D eigenvalue weighted by molar-refractivity contribution is 6.16. The molecule has 0 unspecified atom stereocenters. The minimum absolute atomic E-state index is 0.138. The third-order valence-corrected chi connectivity index (χ3v) is 9.44. The first-order chi connectivity index (χ1) is 25.7. The second-order valence-electron chi connectivity index (χ2n) is 12.7. The smallest absolute Gasteiger partial charge is 0.348 e. The predicted molar refractivity (Wildman–Crippen MR) is 181 cm³/mol. The molecule has 5 rings (SSSR count). The monoisotopic (exact) mass is 752 g/mol. The molecule has 0 aromatic carbocycles. The largest absolute Gasteiger partial charge is 0.480 e. The fourth-order valence-corrected chi connectivity index (χ4v) is 6.01. The summed E-state index contributed by atoms with van der Waals surface area (Å²) in [4.78, 5) is 76.1. The molecule has 1 aliphatic carbocycles. The van der Waals surface area contributed by atoms with Crippen molar-refractivity contribution in [3.05, 3.63) is 94.9 Å². The number of hydrogen-bond donors (Lipinski definition) is 2. The number of cyclic esters (lactones) is 2. The van der Waals surface area contributed by atoms with Crippen molar-refractivity contribution >= 4 is 35.8 Å². The van der Waals surface area contributed by atoms with E-state index >= 15 is 0 Å². The average molecular weight is 753 g/mol. The van der Waals surface area contributed by atoms with Gasteiger partial charge in [-0.3, -0.25) is 0 Å². The summed E-state index contributed by atoms with van der Waals surface area (Å²) in [5, 5.41) is 20.4. The number of rotatable bonds is 10. The number of hydrogen-bond acceptors (Lipinski definition) is 16. The fourth-order valence-electron chi connectivity index (χ4n) is 6.01. The van der Waals surface area contributed by atoms with Gasteiger partial charge >= 0.3 is 35.8 Å². The van der Waals surface area contributed by atoms with E-state index < -0.39 is 82.0 Å². The maximum Gasteiger partial charge on any atom is 0.348 e. The van der Waals surface area contributed by atoms with Crippen LogP contribution in [0.15, 0.2) is 94.9 Å². The van der Waals surface area contributed by atoms with Crippen LogP contribution in [0, 0.1) is 0 Å². The van der Waals surface area contributed by atoms with Crippen LogP contribution in [0.4, 0.5) is 0 Å². The van der Waals surface area contributed by atoms with Crippen LogP contribution < -0.4 is 0 Å². The Morgan fingerprint density at radius 3 is 1.04 bits per heavy atom. The van der Waals surface area contributed by atoms with Crippen LogP contribution in [0.25, 0.3) is 0 Å². The number of ether oxygens (including phenoxy) is 8. The molecule has 0 amide bonds. The lowest BCUT2D eigenvalue weighted by atomic mass is 9.87. The summed E-state index contributed by atoms with van der Waals surface area (Å²) in [5.74, 6) is -12.4. The van der Waals surface area contributed by atoms with Crippen LogP contribution in [0.1, 0.15) is 79.1 Å². The highest BCUT2D eigenvalue weighted by atomic mass is 16.8. The van der Waals surface area contributed by atoms with Crippen molar-refractivity contribution in [3.8, 4) is 0 Å². The van der Waals surface area contributed by atoms with E-state index in [4.69, 9.17) is 37.9 Å². The number of carbonyl (C=O) groups is 6. The van der Waals surface area contributed by atoms with Crippen LogP contribution in [0.5, 0.6) is 0 Å². The third kappa shape index (κ3) is 7.96. The summed E-state index contributed by atoms with van der Waals surface area (Å²) < 4.78 is 43.5. The Morgan fingerprint density at radius 1 is 0.444 bits per heavy atom. The zero-order valence-electron chi connectivity index (χ0n) is 30.0. The van der Waals surface area contributed by atoms with Gasteiger partial charge < -0.3 is 48.1 Å². The molecular weight excluding hydrogens is 712 g/mol. The maximum atomic E-state index is 12.8. The zero-order valence-corrected chi connectivity index (χ0v) is 30.0. The molecule has 5 aliphatic rings. The van der Waals surface area contributed by atoms with Crippen molar-refractivity contribution in [2.75, 3.05) is 0 Å². The summed E-state index contributed by atoms with van der Waals surface area (Å²) in [6.45, 7) is 7.01. The van der Waals surface area contributed by atoms with E-state index in [-0.39, 0.29) is 36.8 Å². The second kappa shape index (κ2) is 15.5. The molecule has 2 spiro atoms. The van der Waals surface area contributed by atoms with Gasteiger partial charge in [0.1, 0.15) is 22.3 Å². The summed E-state index contributed by atoms with van der Waals surface area (Å²) in [6, 6.07) is 0. The Bertz CT molecular complexity index is 1670. The van der Waals surface area contributed by atoms with E-state index in [0.717, 1.165) is 12.2 Å². The molecule has 54 heavy (non-hydrogen) atoms. The van der Waals surface area contributed by atoms with Gasteiger partial charge in [0.2, 0.25) is 0 Å². The molecule has 16 nitrogen and oxygen atoms in total. The van der Waals surface area contributed by atoms with Crippen LogP contribution in [-0.4, -0.2) is 69.2 Å². The quantitative estimate of drug-likeness (QED) is 0.0992. The summed E-state index contributed by atoms with van der Waals surface area (Å²) in [7, 11) is 0. The minimum Gasteiger partial charge on any atom is -0.480 e. The molecule has 1 saturated carbocycles. The van der Waals surface area contributed by atoms with E-state index in [0.29, 0.717) is 25.7 Å². The summed E-state index contributed by atoms with van der Waals surface area (Å²) in [5.41, 5.74) is -1.24. The van der Waals surface area contributed by atoms with Crippen LogP contribution >= 0.6 is 0 Å². The van der Waals surface area contributed by atoms with Crippen molar-refractivity contribution < 1.29 is 76.9 Å². The molecule has 0 atom stereocenters. The normalized spacial score (nSPS) is 26.9. The van der Waals surface area contributed by atoms with Gasteiger partial charge in [-0.15, -0.1) is 0 Å². The molecule has 4 heterocycles. The van der Waals surface area contributed by atoms with Crippen molar-refractivity contribution in [2.45, 2.75) is 102 Å². The lowest BCUT2D eigenvalue weighted by Gasteiger charge is -2.45. The number of esters is 6. The first-order valence-corrected chi connectivity index (χ1v) is 17.4. The maximum absolute atomic E-state index is 12.8. The second-order valence-corrected chi connectivity index (χ2v) is 12.7. The van der Waals surface area contributed by atoms with Gasteiger partial charge in [-0.1, -0.05) is 64.2 Å². The van der Waals surface area contributed by atoms with Gasteiger partial charge in [-0.25, -0.2) is 28.8 Å². The van der Waals surface area contributed by atoms with Gasteiger partial charge in [-0.2, -0.15) is 0 Å². The van der Waals surface area contributed by atoms with Crippen LogP contribution in [-0.2, 0) is 66.7 Å². The lowest BCUT2D eigenvalue weighted by Crippen LogP contribution is -2.56. The van der Waals surface area contributed by atoms with E-state index in [9.17, 15) is 39.0 Å². The van der Waals surface area contributed by atoms with E-state index in [1.54, 1.807) is 27.7 Å². The van der Waals surface area contributed by atoms with Gasteiger partial charge in [0.05, 0.1) is 0 Å². The average Bonchev–Trinajstić information content (AvgIpc) is 3.13. The molecule has 3 fully saturated rings. The Kier molecular flexibility index (Phi) is 11.2. The Balaban J connectivity index is 1.14. The van der Waals surface area contributed by atoms with E-state index in [2.05, 4.69) is 0 Å². The molecule has 0 aromatic heterocycles. The number of aliphatic hydroxyl groups is 2. The van der Waals surface area contributed by atoms with Crippen molar-refractivity contribution in [3.63, 3.8) is 0 Å². The molecular formula is C38H40O16. The molecule has 2 saturated heterocycles. The molecule has 4 aliphatic heterocycles. The topological polar surface area (TPSA) is 217 Å². The van der Waals surface area contributed by atoms with Crippen LogP contribution in [0.3, 0.4) is 0 Å². The standard InChI is InChI=1S/C38H40O16/c1-5-35(6-2)47-27(39)23(28(40)48-35)15-11-9-13-17-25-31(43)51-37(52-32(25)44)19-21-38(22-20-37)53-33(45)26(34(46)54-38)18-14-10-12-16-24-29(41)49-36(7-3,8-4)50-30(24)42/h9-18,39,41H,5-8,19-22H2,1-4H3. The van der Waals surface area contributed by atoms with Gasteiger partial charge in [0.25, 0.3) is 35.0 Å². The SMILES string of the molecule is CCC1(CC)OC(=O)C(C=CC=CC=C2C(=O)OC3(CCC4(CC3)OC(=O)C(=CC=CC=CC3=C(O)OC(CC)(CC)OC3=O)C(=O)O4)OC2=O)=C(O)O1. The fraction of sp³-hybridized carbons (Fsp3) is 0.421.